The van der Waals surface area contributed by atoms with E-state index in [-0.39, 0.29) is 0 Å². The van der Waals surface area contributed by atoms with E-state index < -0.39 is 0 Å². The predicted octanol–water partition coefficient (Wildman–Crippen LogP) is 4.37. The summed E-state index contributed by atoms with van der Waals surface area (Å²) in [4.78, 5) is 0. The topological polar surface area (TPSA) is 12.0 Å². The van der Waals surface area contributed by atoms with Crippen LogP contribution < -0.4 is 5.32 Å². The van der Waals surface area contributed by atoms with Crippen molar-refractivity contribution < 1.29 is 0 Å². The van der Waals surface area contributed by atoms with E-state index in [4.69, 9.17) is 0 Å². The van der Waals surface area contributed by atoms with Gasteiger partial charge in [0.15, 0.2) is 0 Å². The molecule has 0 bridgehead atoms. The van der Waals surface area contributed by atoms with Crippen molar-refractivity contribution in [3.8, 4) is 0 Å². The van der Waals surface area contributed by atoms with Crippen molar-refractivity contribution in [3.63, 3.8) is 0 Å². The maximum Gasteiger partial charge on any atom is 0.0101 e. The fraction of sp³-hybridized carbons (Fsp3) is 1.00. The Morgan fingerprint density at radius 3 is 2.18 bits per heavy atom. The smallest absolute Gasteiger partial charge is 0.0101 e. The quantitative estimate of drug-likeness (QED) is 0.703. The van der Waals surface area contributed by atoms with E-state index in [0.29, 0.717) is 5.41 Å². The van der Waals surface area contributed by atoms with Gasteiger partial charge in [-0.1, -0.05) is 47.0 Å². The number of hydrogen-bond acceptors (Lipinski definition) is 1. The van der Waals surface area contributed by atoms with E-state index in [1.807, 2.05) is 0 Å². The number of hydrogen-bond donors (Lipinski definition) is 1. The molecule has 1 N–H and O–H groups in total. The summed E-state index contributed by atoms with van der Waals surface area (Å²) in [6, 6.07) is 1.56. The third-order valence-corrected chi connectivity index (χ3v) is 5.12. The summed E-state index contributed by atoms with van der Waals surface area (Å²) >= 11 is 0. The Hall–Kier alpha value is -0.0400. The summed E-state index contributed by atoms with van der Waals surface area (Å²) < 4.78 is 0. The van der Waals surface area contributed by atoms with Crippen LogP contribution in [0.25, 0.3) is 0 Å². The lowest BCUT2D eigenvalue weighted by molar-refractivity contribution is 0.289. The summed E-state index contributed by atoms with van der Waals surface area (Å²) in [5.74, 6) is 1.74. The van der Waals surface area contributed by atoms with Crippen LogP contribution in [0.5, 0.6) is 0 Å². The van der Waals surface area contributed by atoms with Gasteiger partial charge in [0.2, 0.25) is 0 Å². The van der Waals surface area contributed by atoms with Crippen molar-refractivity contribution in [1.82, 2.24) is 5.32 Å². The minimum atomic E-state index is 0.561. The highest BCUT2D eigenvalue weighted by atomic mass is 15.0. The minimum Gasteiger partial charge on any atom is -0.311 e. The molecule has 0 spiro atoms. The SMILES string of the molecule is CC1CCCCCC1NC1CC(C)(C)CC1C. The summed E-state index contributed by atoms with van der Waals surface area (Å²) in [5, 5.41) is 4.01. The van der Waals surface area contributed by atoms with Crippen molar-refractivity contribution in [1.29, 1.82) is 0 Å². The molecule has 1 nitrogen and oxygen atoms in total. The van der Waals surface area contributed by atoms with Crippen LogP contribution in [0.3, 0.4) is 0 Å². The largest absolute Gasteiger partial charge is 0.311 e. The third kappa shape index (κ3) is 3.47. The van der Waals surface area contributed by atoms with Crippen LogP contribution in [0.15, 0.2) is 0 Å². The molecule has 0 saturated heterocycles. The van der Waals surface area contributed by atoms with Crippen LogP contribution in [0.1, 0.15) is 72.6 Å². The van der Waals surface area contributed by atoms with E-state index >= 15 is 0 Å². The summed E-state index contributed by atoms with van der Waals surface area (Å²) in [6.45, 7) is 9.75. The van der Waals surface area contributed by atoms with Gasteiger partial charge >= 0.3 is 0 Å². The maximum absolute atomic E-state index is 4.01. The Morgan fingerprint density at radius 1 is 0.824 bits per heavy atom. The third-order valence-electron chi connectivity index (χ3n) is 5.12. The zero-order valence-corrected chi connectivity index (χ0v) is 12.3. The average Bonchev–Trinajstić information content (AvgIpc) is 2.38. The molecule has 2 fully saturated rings. The lowest BCUT2D eigenvalue weighted by atomic mass is 9.91. The predicted molar refractivity (Wildman–Crippen MR) is 75.1 cm³/mol. The van der Waals surface area contributed by atoms with Crippen molar-refractivity contribution in [2.24, 2.45) is 17.3 Å². The van der Waals surface area contributed by atoms with E-state index in [1.54, 1.807) is 0 Å². The average molecular weight is 237 g/mol. The summed E-state index contributed by atoms with van der Waals surface area (Å²) in [7, 11) is 0. The van der Waals surface area contributed by atoms with Crippen LogP contribution in [0, 0.1) is 17.3 Å². The molecular weight excluding hydrogens is 206 g/mol. The molecule has 17 heavy (non-hydrogen) atoms. The molecule has 2 rings (SSSR count). The molecule has 4 atom stereocenters. The molecule has 0 aromatic heterocycles. The fourth-order valence-electron chi connectivity index (χ4n) is 4.13. The second-order valence-corrected chi connectivity index (χ2v) is 7.54. The molecule has 1 heteroatoms. The van der Waals surface area contributed by atoms with Gasteiger partial charge in [-0.05, 0) is 42.9 Å². The molecule has 0 aromatic carbocycles. The van der Waals surface area contributed by atoms with Gasteiger partial charge in [-0.3, -0.25) is 0 Å². The van der Waals surface area contributed by atoms with Crippen molar-refractivity contribution >= 4 is 0 Å². The molecule has 0 heterocycles. The van der Waals surface area contributed by atoms with Crippen LogP contribution in [-0.4, -0.2) is 12.1 Å². The molecular formula is C16H31N. The Balaban J connectivity index is 1.91. The van der Waals surface area contributed by atoms with Crippen LogP contribution in [0.4, 0.5) is 0 Å². The molecule has 4 unspecified atom stereocenters. The van der Waals surface area contributed by atoms with Crippen LogP contribution in [0.2, 0.25) is 0 Å². The lowest BCUT2D eigenvalue weighted by Crippen LogP contribution is -2.43. The Kier molecular flexibility index (Phi) is 4.18. The van der Waals surface area contributed by atoms with Crippen molar-refractivity contribution in [2.75, 3.05) is 0 Å². The summed E-state index contributed by atoms with van der Waals surface area (Å²) in [5.41, 5.74) is 0.561. The molecule has 2 aliphatic carbocycles. The standard InChI is InChI=1S/C16H31N/c1-12-8-6-5-7-9-14(12)17-15-11-16(3,4)10-13(15)2/h12-15,17H,5-11H2,1-4H3. The zero-order chi connectivity index (χ0) is 12.5. The van der Waals surface area contributed by atoms with Gasteiger partial charge in [-0.25, -0.2) is 0 Å². The molecule has 0 aromatic rings. The lowest BCUT2D eigenvalue weighted by Gasteiger charge is -2.29. The first-order chi connectivity index (χ1) is 7.98. The first-order valence-corrected chi connectivity index (χ1v) is 7.74. The zero-order valence-electron chi connectivity index (χ0n) is 12.3. The molecule has 2 saturated carbocycles. The first-order valence-electron chi connectivity index (χ1n) is 7.74. The highest BCUT2D eigenvalue weighted by molar-refractivity contribution is 4.93. The molecule has 0 radical (unpaired) electrons. The fourth-order valence-corrected chi connectivity index (χ4v) is 4.13. The number of nitrogens with one attached hydrogen (secondary N) is 1. The van der Waals surface area contributed by atoms with E-state index in [2.05, 4.69) is 33.0 Å². The first kappa shape index (κ1) is 13.4. The Bertz CT molecular complexity index is 242. The second-order valence-electron chi connectivity index (χ2n) is 7.54. The molecule has 0 amide bonds. The van der Waals surface area contributed by atoms with Gasteiger partial charge in [0.05, 0.1) is 0 Å². The highest BCUT2D eigenvalue weighted by Crippen LogP contribution is 2.41. The van der Waals surface area contributed by atoms with Gasteiger partial charge < -0.3 is 5.32 Å². The molecule has 100 valence electrons. The number of rotatable bonds is 2. The van der Waals surface area contributed by atoms with Crippen molar-refractivity contribution in [3.05, 3.63) is 0 Å². The monoisotopic (exact) mass is 237 g/mol. The van der Waals surface area contributed by atoms with Crippen LogP contribution >= 0.6 is 0 Å². The molecule has 0 aliphatic heterocycles. The molecule has 2 aliphatic rings. The van der Waals surface area contributed by atoms with Gasteiger partial charge in [-0.15, -0.1) is 0 Å². The van der Waals surface area contributed by atoms with E-state index in [0.717, 1.165) is 23.9 Å². The van der Waals surface area contributed by atoms with Gasteiger partial charge in [0.25, 0.3) is 0 Å². The summed E-state index contributed by atoms with van der Waals surface area (Å²) in [6.07, 6.45) is 9.95. The normalized spacial score (nSPS) is 42.4. The minimum absolute atomic E-state index is 0.561. The second kappa shape index (κ2) is 5.30. The maximum atomic E-state index is 4.01. The van der Waals surface area contributed by atoms with Gasteiger partial charge in [-0.2, -0.15) is 0 Å². The van der Waals surface area contributed by atoms with E-state index in [9.17, 15) is 0 Å². The highest BCUT2D eigenvalue weighted by Gasteiger charge is 2.38. The Morgan fingerprint density at radius 2 is 1.53 bits per heavy atom. The van der Waals surface area contributed by atoms with Crippen LogP contribution in [-0.2, 0) is 0 Å². The Labute approximate surface area is 108 Å². The van der Waals surface area contributed by atoms with E-state index in [1.165, 1.54) is 44.9 Å². The van der Waals surface area contributed by atoms with Gasteiger partial charge in [0, 0.05) is 12.1 Å². The van der Waals surface area contributed by atoms with Crippen molar-refractivity contribution in [2.45, 2.75) is 84.7 Å². The van der Waals surface area contributed by atoms with Gasteiger partial charge in [0.1, 0.15) is 0 Å².